The molecule has 1 aromatic rings. The molecule has 1 heterocycles. The van der Waals surface area contributed by atoms with Gasteiger partial charge in [-0.15, -0.1) is 0 Å². The zero-order valence-electron chi connectivity index (χ0n) is 12.1. The molecule has 2 N–H and O–H groups in total. The fourth-order valence-electron chi connectivity index (χ4n) is 5.44. The molecular weight excluding hydrogens is 250 g/mol. The summed E-state index contributed by atoms with van der Waals surface area (Å²) in [4.78, 5) is 12.2. The van der Waals surface area contributed by atoms with E-state index < -0.39 is 0 Å². The molecule has 4 saturated carbocycles. The normalized spacial score (nSPS) is 38.4. The number of nitrogens with zero attached hydrogens (tertiary/aromatic N) is 2. The minimum Gasteiger partial charge on any atom is -0.394 e. The molecule has 108 valence electrons. The summed E-state index contributed by atoms with van der Waals surface area (Å²) in [6.45, 7) is 2.52. The van der Waals surface area contributed by atoms with E-state index in [1.807, 2.05) is 13.1 Å². The van der Waals surface area contributed by atoms with Crippen LogP contribution >= 0.6 is 0 Å². The van der Waals surface area contributed by atoms with Gasteiger partial charge in [-0.3, -0.25) is 4.79 Å². The van der Waals surface area contributed by atoms with Gasteiger partial charge in [0.15, 0.2) is 0 Å². The molecule has 0 unspecified atom stereocenters. The van der Waals surface area contributed by atoms with E-state index in [9.17, 15) is 4.79 Å². The molecule has 4 fully saturated rings. The Labute approximate surface area is 119 Å². The lowest BCUT2D eigenvalue weighted by atomic mass is 9.51. The number of anilines is 1. The molecule has 20 heavy (non-hydrogen) atoms. The second-order valence-electron chi connectivity index (χ2n) is 7.09. The van der Waals surface area contributed by atoms with Crippen molar-refractivity contribution in [2.75, 3.05) is 5.73 Å². The van der Waals surface area contributed by atoms with Crippen LogP contribution in [0.5, 0.6) is 0 Å². The average molecular weight is 273 g/mol. The Bertz CT molecular complexity index is 564. The summed E-state index contributed by atoms with van der Waals surface area (Å²) in [7, 11) is 0. The fraction of sp³-hybridized carbons (Fsp3) is 0.750. The van der Waals surface area contributed by atoms with Gasteiger partial charge in [0.2, 0.25) is 0 Å². The Hall–Kier alpha value is -1.32. The lowest BCUT2D eigenvalue weighted by Crippen LogP contribution is -2.44. The van der Waals surface area contributed by atoms with Crippen molar-refractivity contribution in [1.29, 1.82) is 0 Å². The lowest BCUT2D eigenvalue weighted by molar-refractivity contribution is -0.00276. The third-order valence-electron chi connectivity index (χ3n) is 6.00. The van der Waals surface area contributed by atoms with Crippen LogP contribution in [0, 0.1) is 23.7 Å². The van der Waals surface area contributed by atoms with Crippen LogP contribution in [0.15, 0.2) is 11.0 Å². The zero-order chi connectivity index (χ0) is 13.9. The van der Waals surface area contributed by atoms with Crippen LogP contribution in [-0.2, 0) is 6.54 Å². The molecule has 0 radical (unpaired) electrons. The van der Waals surface area contributed by atoms with Gasteiger partial charge in [0.05, 0.1) is 6.20 Å². The second kappa shape index (κ2) is 4.34. The first-order valence-electron chi connectivity index (χ1n) is 8.02. The quantitative estimate of drug-likeness (QED) is 0.900. The maximum absolute atomic E-state index is 12.2. The summed E-state index contributed by atoms with van der Waals surface area (Å²) in [5.74, 6) is 3.87. The molecule has 0 atom stereocenters. The van der Waals surface area contributed by atoms with Gasteiger partial charge in [0, 0.05) is 12.1 Å². The summed E-state index contributed by atoms with van der Waals surface area (Å²) < 4.78 is 1.47. The van der Waals surface area contributed by atoms with Crippen LogP contribution in [0.1, 0.15) is 50.5 Å². The third-order valence-corrected chi connectivity index (χ3v) is 6.00. The first kappa shape index (κ1) is 12.4. The van der Waals surface area contributed by atoms with Gasteiger partial charge in [-0.05, 0) is 68.6 Å². The highest BCUT2D eigenvalue weighted by atomic mass is 16.1. The summed E-state index contributed by atoms with van der Waals surface area (Å²) in [5, 5.41) is 4.31. The highest BCUT2D eigenvalue weighted by Crippen LogP contribution is 2.60. The maximum atomic E-state index is 12.2. The Morgan fingerprint density at radius 3 is 2.35 bits per heavy atom. The fourth-order valence-corrected chi connectivity index (χ4v) is 5.44. The first-order valence-corrected chi connectivity index (χ1v) is 8.02. The number of hydrogen-bond donors (Lipinski definition) is 1. The Balaban J connectivity index is 1.75. The summed E-state index contributed by atoms with van der Waals surface area (Å²) in [6, 6.07) is 0. The zero-order valence-corrected chi connectivity index (χ0v) is 12.1. The molecule has 1 aromatic heterocycles. The molecule has 4 aliphatic carbocycles. The highest BCUT2D eigenvalue weighted by molar-refractivity contribution is 5.46. The van der Waals surface area contributed by atoms with Crippen molar-refractivity contribution < 1.29 is 0 Å². The Morgan fingerprint density at radius 1 is 1.20 bits per heavy atom. The molecule has 5 rings (SSSR count). The van der Waals surface area contributed by atoms with E-state index in [1.54, 1.807) is 0 Å². The molecule has 4 nitrogen and oxygen atoms in total. The number of hydrogen-bond acceptors (Lipinski definition) is 3. The third kappa shape index (κ3) is 1.66. The molecule has 4 aliphatic rings. The van der Waals surface area contributed by atoms with Crippen molar-refractivity contribution >= 4 is 5.69 Å². The average Bonchev–Trinajstić information content (AvgIpc) is 2.42. The van der Waals surface area contributed by atoms with Gasteiger partial charge in [0.25, 0.3) is 5.56 Å². The molecule has 0 amide bonds. The second-order valence-corrected chi connectivity index (χ2v) is 7.09. The van der Waals surface area contributed by atoms with E-state index in [0.717, 1.165) is 29.2 Å². The van der Waals surface area contributed by atoms with Crippen molar-refractivity contribution in [3.8, 4) is 0 Å². The van der Waals surface area contributed by atoms with Gasteiger partial charge >= 0.3 is 0 Å². The monoisotopic (exact) mass is 273 g/mol. The van der Waals surface area contributed by atoms with Crippen molar-refractivity contribution in [2.45, 2.75) is 51.5 Å². The molecule has 0 aliphatic heterocycles. The molecule has 4 heteroatoms. The van der Waals surface area contributed by atoms with Crippen molar-refractivity contribution in [1.82, 2.24) is 9.78 Å². The number of rotatable bonds is 2. The van der Waals surface area contributed by atoms with Crippen LogP contribution in [0.3, 0.4) is 0 Å². The van der Waals surface area contributed by atoms with E-state index in [-0.39, 0.29) is 5.56 Å². The van der Waals surface area contributed by atoms with Gasteiger partial charge in [-0.2, -0.15) is 5.10 Å². The van der Waals surface area contributed by atoms with E-state index in [4.69, 9.17) is 5.73 Å². The van der Waals surface area contributed by atoms with E-state index in [1.165, 1.54) is 36.8 Å². The van der Waals surface area contributed by atoms with Crippen molar-refractivity contribution in [2.24, 2.45) is 23.7 Å². The van der Waals surface area contributed by atoms with Gasteiger partial charge in [0.1, 0.15) is 5.69 Å². The Morgan fingerprint density at radius 2 is 1.80 bits per heavy atom. The summed E-state index contributed by atoms with van der Waals surface area (Å²) in [5.41, 5.74) is 7.57. The number of aryl methyl sites for hydroxylation is 1. The molecule has 0 saturated heterocycles. The topological polar surface area (TPSA) is 60.9 Å². The largest absolute Gasteiger partial charge is 0.394 e. The maximum Gasteiger partial charge on any atom is 0.290 e. The van der Waals surface area contributed by atoms with E-state index in [0.29, 0.717) is 18.2 Å². The Kier molecular flexibility index (Phi) is 2.69. The molecule has 4 bridgehead atoms. The molecular formula is C16H23N3O. The first-order chi connectivity index (χ1) is 9.67. The predicted octanol–water partition coefficient (Wildman–Crippen LogP) is 2.39. The molecule has 0 spiro atoms. The number of aromatic nitrogens is 2. The number of nitrogens with two attached hydrogens (primary N) is 1. The number of nitrogen functional groups attached to an aromatic ring is 1. The van der Waals surface area contributed by atoms with Crippen LogP contribution in [-0.4, -0.2) is 9.78 Å². The highest BCUT2D eigenvalue weighted by Gasteiger charge is 2.49. The minimum absolute atomic E-state index is 0.0983. The van der Waals surface area contributed by atoms with Crippen LogP contribution in [0.25, 0.3) is 0 Å². The van der Waals surface area contributed by atoms with Gasteiger partial charge < -0.3 is 5.73 Å². The van der Waals surface area contributed by atoms with Gasteiger partial charge in [-0.1, -0.05) is 0 Å². The molecule has 0 aromatic carbocycles. The van der Waals surface area contributed by atoms with Crippen LogP contribution < -0.4 is 11.3 Å². The van der Waals surface area contributed by atoms with Crippen LogP contribution in [0.4, 0.5) is 5.69 Å². The SMILES string of the molecule is CCn1ncc(C2C3CC4CC(C3)CC2C4)c(N)c1=O. The summed E-state index contributed by atoms with van der Waals surface area (Å²) >= 11 is 0. The standard InChI is InChI=1S/C16H23N3O/c1-2-19-16(20)15(17)13(8-18-19)14-11-4-9-3-10(6-11)7-12(14)5-9/h8-12,14H,2-7,17H2,1H3. The smallest absolute Gasteiger partial charge is 0.290 e. The summed E-state index contributed by atoms with van der Waals surface area (Å²) in [6.07, 6.45) is 8.70. The van der Waals surface area contributed by atoms with Gasteiger partial charge in [-0.25, -0.2) is 4.68 Å². The van der Waals surface area contributed by atoms with Crippen molar-refractivity contribution in [3.63, 3.8) is 0 Å². The lowest BCUT2D eigenvalue weighted by Gasteiger charge is -2.54. The van der Waals surface area contributed by atoms with Crippen molar-refractivity contribution in [3.05, 3.63) is 22.1 Å². The minimum atomic E-state index is -0.0983. The van der Waals surface area contributed by atoms with E-state index in [2.05, 4.69) is 5.10 Å². The van der Waals surface area contributed by atoms with Crippen LogP contribution in [0.2, 0.25) is 0 Å². The van der Waals surface area contributed by atoms with E-state index >= 15 is 0 Å². The predicted molar refractivity (Wildman–Crippen MR) is 78.4 cm³/mol.